The molecule has 0 aromatic rings. The number of aliphatic carboxylic acids is 1. The summed E-state index contributed by atoms with van der Waals surface area (Å²) in [5, 5.41) is 15.0. The van der Waals surface area contributed by atoms with Crippen molar-refractivity contribution in [2.75, 3.05) is 13.1 Å². The molecule has 3 atom stereocenters. The van der Waals surface area contributed by atoms with Gasteiger partial charge in [0.1, 0.15) is 6.04 Å². The number of nitrogens with zero attached hydrogens (tertiary/aromatic N) is 1. The van der Waals surface area contributed by atoms with Crippen molar-refractivity contribution in [2.45, 2.75) is 63.5 Å². The summed E-state index contributed by atoms with van der Waals surface area (Å²) >= 11 is 0. The van der Waals surface area contributed by atoms with Gasteiger partial charge in [0.2, 0.25) is 5.91 Å². The monoisotopic (exact) mass is 337 g/mol. The van der Waals surface area contributed by atoms with Gasteiger partial charge in [0.05, 0.1) is 6.54 Å². The smallest absolute Gasteiger partial charge is 0.326 e. The molecule has 2 aliphatic carbocycles. The Morgan fingerprint density at radius 2 is 1.75 bits per heavy atom. The molecular weight excluding hydrogens is 310 g/mol. The highest BCUT2D eigenvalue weighted by Crippen LogP contribution is 2.42. The molecule has 0 aromatic heterocycles. The standard InChI is InChI=1S/C17H27N3O4/c21-14(9-18-17(24)19-12-6-2-1-3-7-12)20-10-11-5-4-8-13(11)15(20)16(22)23/h11-13,15H,1-10H2,(H,22,23)(H2,18,19,24). The first-order valence-corrected chi connectivity index (χ1v) is 9.13. The molecule has 24 heavy (non-hydrogen) atoms. The molecule has 134 valence electrons. The van der Waals surface area contributed by atoms with E-state index in [0.29, 0.717) is 12.5 Å². The van der Waals surface area contributed by atoms with Crippen LogP contribution in [0.25, 0.3) is 0 Å². The van der Waals surface area contributed by atoms with Gasteiger partial charge in [-0.25, -0.2) is 9.59 Å². The Morgan fingerprint density at radius 1 is 1.00 bits per heavy atom. The van der Waals surface area contributed by atoms with E-state index < -0.39 is 12.0 Å². The predicted molar refractivity (Wildman–Crippen MR) is 87.4 cm³/mol. The fourth-order valence-electron chi connectivity index (χ4n) is 4.62. The van der Waals surface area contributed by atoms with Crippen molar-refractivity contribution < 1.29 is 19.5 Å². The number of carbonyl (C=O) groups is 3. The van der Waals surface area contributed by atoms with Crippen molar-refractivity contribution in [3.63, 3.8) is 0 Å². The third-order valence-electron chi connectivity index (χ3n) is 5.80. The van der Waals surface area contributed by atoms with E-state index in [2.05, 4.69) is 10.6 Å². The van der Waals surface area contributed by atoms with Crippen molar-refractivity contribution in [3.05, 3.63) is 0 Å². The number of likely N-dealkylation sites (tertiary alicyclic amines) is 1. The van der Waals surface area contributed by atoms with E-state index in [1.165, 1.54) is 11.3 Å². The van der Waals surface area contributed by atoms with Crippen molar-refractivity contribution in [1.29, 1.82) is 0 Å². The van der Waals surface area contributed by atoms with E-state index in [0.717, 1.165) is 44.9 Å². The SMILES string of the molecule is O=C(NCC(=O)N1CC2CCCC2C1C(=O)O)NC1CCCCC1. The van der Waals surface area contributed by atoms with Gasteiger partial charge in [-0.3, -0.25) is 4.79 Å². The van der Waals surface area contributed by atoms with Crippen LogP contribution in [0.3, 0.4) is 0 Å². The predicted octanol–water partition coefficient (Wildman–Crippen LogP) is 1.33. The molecule has 0 aromatic carbocycles. The first-order chi connectivity index (χ1) is 11.6. The van der Waals surface area contributed by atoms with Gasteiger partial charge in [0, 0.05) is 12.6 Å². The molecule has 0 radical (unpaired) electrons. The van der Waals surface area contributed by atoms with Crippen molar-refractivity contribution in [1.82, 2.24) is 15.5 Å². The van der Waals surface area contributed by atoms with Gasteiger partial charge >= 0.3 is 12.0 Å². The zero-order chi connectivity index (χ0) is 17.1. The van der Waals surface area contributed by atoms with E-state index >= 15 is 0 Å². The normalized spacial score (nSPS) is 30.0. The number of urea groups is 1. The average Bonchev–Trinajstić information content (AvgIpc) is 3.13. The molecule has 7 nitrogen and oxygen atoms in total. The van der Waals surface area contributed by atoms with Crippen molar-refractivity contribution in [3.8, 4) is 0 Å². The number of fused-ring (bicyclic) bond motifs is 1. The van der Waals surface area contributed by atoms with E-state index in [9.17, 15) is 19.5 Å². The lowest BCUT2D eigenvalue weighted by molar-refractivity contribution is -0.149. The number of nitrogens with one attached hydrogen (secondary N) is 2. The first-order valence-electron chi connectivity index (χ1n) is 9.13. The molecule has 7 heteroatoms. The second-order valence-corrected chi connectivity index (χ2v) is 7.35. The summed E-state index contributed by atoms with van der Waals surface area (Å²) in [6.45, 7) is 0.369. The second-order valence-electron chi connectivity index (χ2n) is 7.35. The first kappa shape index (κ1) is 17.0. The molecule has 3 unspecified atom stereocenters. The number of amides is 3. The fourth-order valence-corrected chi connectivity index (χ4v) is 4.62. The molecule has 3 aliphatic rings. The Kier molecular flexibility index (Phi) is 5.26. The highest BCUT2D eigenvalue weighted by molar-refractivity contribution is 5.88. The van der Waals surface area contributed by atoms with Crippen molar-refractivity contribution in [2.24, 2.45) is 11.8 Å². The third-order valence-corrected chi connectivity index (χ3v) is 5.80. The van der Waals surface area contributed by atoms with Crippen LogP contribution >= 0.6 is 0 Å². The minimum absolute atomic E-state index is 0.0718. The summed E-state index contributed by atoms with van der Waals surface area (Å²) in [4.78, 5) is 37.4. The lowest BCUT2D eigenvalue weighted by atomic mass is 9.94. The second kappa shape index (κ2) is 7.40. The molecular formula is C17H27N3O4. The number of rotatable bonds is 4. The summed E-state index contributed by atoms with van der Waals surface area (Å²) in [6, 6.07) is -0.874. The number of carboxylic acid groups (broad SMARTS) is 1. The van der Waals surface area contributed by atoms with E-state index in [1.807, 2.05) is 0 Å². The van der Waals surface area contributed by atoms with Crippen LogP contribution in [-0.2, 0) is 9.59 Å². The van der Waals surface area contributed by atoms with Crippen LogP contribution in [0.4, 0.5) is 4.79 Å². The summed E-state index contributed by atoms with van der Waals surface area (Å²) in [6.07, 6.45) is 8.35. The molecule has 3 N–H and O–H groups in total. The van der Waals surface area contributed by atoms with E-state index in [1.54, 1.807) is 0 Å². The topological polar surface area (TPSA) is 98.7 Å². The van der Waals surface area contributed by atoms with Crippen LogP contribution < -0.4 is 10.6 Å². The summed E-state index contributed by atoms with van der Waals surface area (Å²) in [5.41, 5.74) is 0. The van der Waals surface area contributed by atoms with E-state index in [-0.39, 0.29) is 30.4 Å². The van der Waals surface area contributed by atoms with Crippen LogP contribution in [0, 0.1) is 11.8 Å². The summed E-state index contributed by atoms with van der Waals surface area (Å²) in [5.74, 6) is -0.853. The highest BCUT2D eigenvalue weighted by atomic mass is 16.4. The Bertz CT molecular complexity index is 504. The van der Waals surface area contributed by atoms with Gasteiger partial charge in [-0.2, -0.15) is 0 Å². The van der Waals surface area contributed by atoms with Gasteiger partial charge in [-0.15, -0.1) is 0 Å². The van der Waals surface area contributed by atoms with Gasteiger partial charge < -0.3 is 20.6 Å². The maximum absolute atomic E-state index is 12.4. The van der Waals surface area contributed by atoms with Crippen LogP contribution in [0.1, 0.15) is 51.4 Å². The number of hydrogen-bond acceptors (Lipinski definition) is 3. The lowest BCUT2D eigenvalue weighted by Gasteiger charge is -2.25. The molecule has 2 saturated carbocycles. The van der Waals surface area contributed by atoms with Crippen LogP contribution in [0.5, 0.6) is 0 Å². The van der Waals surface area contributed by atoms with Gasteiger partial charge in [-0.1, -0.05) is 25.7 Å². The zero-order valence-corrected chi connectivity index (χ0v) is 14.0. The number of carboxylic acids is 1. The highest BCUT2D eigenvalue weighted by Gasteiger charge is 2.49. The maximum Gasteiger partial charge on any atom is 0.326 e. The Morgan fingerprint density at radius 3 is 2.46 bits per heavy atom. The van der Waals surface area contributed by atoms with Crippen LogP contribution in [0.15, 0.2) is 0 Å². The summed E-state index contributed by atoms with van der Waals surface area (Å²) in [7, 11) is 0. The Hall–Kier alpha value is -1.79. The molecule has 1 saturated heterocycles. The molecule has 3 fully saturated rings. The fraction of sp³-hybridized carbons (Fsp3) is 0.824. The van der Waals surface area contributed by atoms with E-state index in [4.69, 9.17) is 0 Å². The summed E-state index contributed by atoms with van der Waals surface area (Å²) < 4.78 is 0. The minimum atomic E-state index is -0.926. The molecule has 1 heterocycles. The van der Waals surface area contributed by atoms with Gasteiger partial charge in [0.25, 0.3) is 0 Å². The third kappa shape index (κ3) is 3.65. The Balaban J connectivity index is 1.49. The molecule has 3 rings (SSSR count). The molecule has 3 amide bonds. The van der Waals surface area contributed by atoms with Crippen LogP contribution in [-0.4, -0.2) is 53.1 Å². The minimum Gasteiger partial charge on any atom is -0.480 e. The quantitative estimate of drug-likeness (QED) is 0.721. The van der Waals surface area contributed by atoms with Crippen molar-refractivity contribution >= 4 is 17.9 Å². The molecule has 0 spiro atoms. The zero-order valence-electron chi connectivity index (χ0n) is 14.0. The van der Waals surface area contributed by atoms with Crippen LogP contribution in [0.2, 0.25) is 0 Å². The largest absolute Gasteiger partial charge is 0.480 e. The van der Waals surface area contributed by atoms with Gasteiger partial charge in [-0.05, 0) is 37.5 Å². The molecule has 0 bridgehead atoms. The number of carbonyl (C=O) groups excluding carboxylic acids is 2. The lowest BCUT2D eigenvalue weighted by Crippen LogP contribution is -2.50. The average molecular weight is 337 g/mol. The Labute approximate surface area is 142 Å². The molecule has 1 aliphatic heterocycles. The maximum atomic E-state index is 12.4. The number of hydrogen-bond donors (Lipinski definition) is 3. The van der Waals surface area contributed by atoms with Gasteiger partial charge in [0.15, 0.2) is 0 Å².